The summed E-state index contributed by atoms with van der Waals surface area (Å²) in [5.74, 6) is 6.13. The number of amides is 1. The van der Waals surface area contributed by atoms with Crippen LogP contribution >= 0.6 is 0 Å². The fraction of sp³-hybridized carbons (Fsp3) is 0.500. The highest BCUT2D eigenvalue weighted by Gasteiger charge is 2.29. The van der Waals surface area contributed by atoms with Crippen LogP contribution in [-0.2, 0) is 41.0 Å². The molecule has 13 heteroatoms. The first-order valence-corrected chi connectivity index (χ1v) is 14.0. The van der Waals surface area contributed by atoms with Gasteiger partial charge in [0.05, 0.1) is 13.7 Å². The van der Waals surface area contributed by atoms with E-state index < -0.39 is 35.5 Å². The molecule has 1 aliphatic heterocycles. The average Bonchev–Trinajstić information content (AvgIpc) is 3.35. The lowest BCUT2D eigenvalue weighted by atomic mass is 10.1. The number of hydrogen-bond donors (Lipinski definition) is 1. The number of piperidine rings is 1. The van der Waals surface area contributed by atoms with Crippen LogP contribution in [0, 0.1) is 11.8 Å². The van der Waals surface area contributed by atoms with E-state index in [1.54, 1.807) is 56.5 Å². The van der Waals surface area contributed by atoms with Crippen molar-refractivity contribution < 1.29 is 23.8 Å². The number of benzene rings is 1. The van der Waals surface area contributed by atoms with Gasteiger partial charge in [-0.15, -0.1) is 5.92 Å². The summed E-state index contributed by atoms with van der Waals surface area (Å²) in [6, 6.07) is 6.83. The van der Waals surface area contributed by atoms with E-state index in [0.717, 1.165) is 17.4 Å². The zero-order valence-corrected chi connectivity index (χ0v) is 25.4. The number of fused-ring (bicyclic) bond motifs is 1. The molecule has 2 aromatic heterocycles. The van der Waals surface area contributed by atoms with Crippen LogP contribution in [0.3, 0.4) is 0 Å². The molecule has 1 amide bonds. The molecule has 13 nitrogen and oxygen atoms in total. The van der Waals surface area contributed by atoms with Gasteiger partial charge in [-0.05, 0) is 58.2 Å². The predicted molar refractivity (Wildman–Crippen MR) is 160 cm³/mol. The van der Waals surface area contributed by atoms with Crippen molar-refractivity contribution in [3.05, 3.63) is 50.7 Å². The molecule has 1 N–H and O–H groups in total. The summed E-state index contributed by atoms with van der Waals surface area (Å²) in [6.45, 7) is 7.64. The Kier molecular flexibility index (Phi) is 9.48. The monoisotopic (exact) mass is 594 g/mol. The van der Waals surface area contributed by atoms with Crippen LogP contribution in [0.25, 0.3) is 11.2 Å². The minimum absolute atomic E-state index is 0.0467. The molecule has 0 unspecified atom stereocenters. The summed E-state index contributed by atoms with van der Waals surface area (Å²) >= 11 is 0. The molecule has 0 saturated carbocycles. The van der Waals surface area contributed by atoms with Crippen molar-refractivity contribution in [3.63, 3.8) is 0 Å². The van der Waals surface area contributed by atoms with Crippen molar-refractivity contribution >= 4 is 29.2 Å². The first-order chi connectivity index (χ1) is 20.4. The summed E-state index contributed by atoms with van der Waals surface area (Å²) in [7, 11) is 3.04. The topological polar surface area (TPSA) is 139 Å². The molecule has 43 heavy (non-hydrogen) atoms. The third-order valence-electron chi connectivity index (χ3n) is 6.87. The van der Waals surface area contributed by atoms with Crippen LogP contribution in [-0.4, -0.2) is 62.6 Å². The van der Waals surface area contributed by atoms with Gasteiger partial charge in [0.1, 0.15) is 24.5 Å². The van der Waals surface area contributed by atoms with E-state index in [-0.39, 0.29) is 30.4 Å². The second-order valence-electron chi connectivity index (χ2n) is 11.3. The number of aryl methyl sites for hydroxylation is 1. The number of carbonyl (C=O) groups is 2. The number of methoxy groups -OCH3 is 1. The number of carbonyl (C=O) groups excluding carboxylic acids is 2. The van der Waals surface area contributed by atoms with Crippen molar-refractivity contribution in [1.82, 2.24) is 24.0 Å². The lowest BCUT2D eigenvalue weighted by Crippen LogP contribution is -2.49. The summed E-state index contributed by atoms with van der Waals surface area (Å²) in [4.78, 5) is 58.8. The molecule has 0 bridgehead atoms. The lowest BCUT2D eigenvalue weighted by molar-refractivity contribution is -0.145. The van der Waals surface area contributed by atoms with Gasteiger partial charge in [0.25, 0.3) is 5.56 Å². The van der Waals surface area contributed by atoms with Gasteiger partial charge in [-0.2, -0.15) is 4.98 Å². The lowest BCUT2D eigenvalue weighted by Gasteiger charge is -2.34. The van der Waals surface area contributed by atoms with Crippen LogP contribution < -0.4 is 26.2 Å². The normalized spacial score (nSPS) is 15.0. The second-order valence-corrected chi connectivity index (χ2v) is 11.3. The molecule has 1 aromatic carbocycles. The summed E-state index contributed by atoms with van der Waals surface area (Å²) < 4.78 is 19.7. The Hall–Kier alpha value is -4.73. The Labute approximate surface area is 249 Å². The van der Waals surface area contributed by atoms with E-state index in [4.69, 9.17) is 19.2 Å². The Balaban J connectivity index is 1.64. The molecular formula is C30H38N6O7. The van der Waals surface area contributed by atoms with Gasteiger partial charge in [0.2, 0.25) is 5.95 Å². The van der Waals surface area contributed by atoms with E-state index in [1.807, 2.05) is 4.90 Å². The van der Waals surface area contributed by atoms with Gasteiger partial charge in [-0.25, -0.2) is 14.2 Å². The van der Waals surface area contributed by atoms with Gasteiger partial charge in [0, 0.05) is 26.2 Å². The van der Waals surface area contributed by atoms with Gasteiger partial charge in [0.15, 0.2) is 11.2 Å². The van der Waals surface area contributed by atoms with Crippen molar-refractivity contribution in [2.24, 2.45) is 7.05 Å². The van der Waals surface area contributed by atoms with Crippen LogP contribution in [0.2, 0.25) is 0 Å². The maximum Gasteiger partial charge on any atom is 0.407 e. The number of hydrogen-bond acceptors (Lipinski definition) is 9. The van der Waals surface area contributed by atoms with Gasteiger partial charge in [-0.3, -0.25) is 18.7 Å². The zero-order chi connectivity index (χ0) is 31.3. The molecule has 1 atom stereocenters. The third-order valence-corrected chi connectivity index (χ3v) is 6.87. The molecule has 230 valence electrons. The molecule has 0 aliphatic carbocycles. The highest BCUT2D eigenvalue weighted by molar-refractivity contribution is 5.76. The fourth-order valence-corrected chi connectivity index (χ4v) is 4.90. The predicted octanol–water partition coefficient (Wildman–Crippen LogP) is 2.17. The number of nitrogens with zero attached hydrogens (tertiary/aromatic N) is 5. The Morgan fingerprint density at radius 1 is 1.19 bits per heavy atom. The van der Waals surface area contributed by atoms with E-state index in [9.17, 15) is 19.2 Å². The third kappa shape index (κ3) is 7.38. The number of imidazole rings is 1. The number of ether oxygens (including phenoxy) is 3. The van der Waals surface area contributed by atoms with Crippen LogP contribution in [0.15, 0.2) is 33.9 Å². The van der Waals surface area contributed by atoms with Crippen LogP contribution in [0.5, 0.6) is 5.75 Å². The average molecular weight is 595 g/mol. The highest BCUT2D eigenvalue weighted by atomic mass is 16.6. The summed E-state index contributed by atoms with van der Waals surface area (Å²) in [6.07, 6.45) is 0.993. The quantitative estimate of drug-likeness (QED) is 0.307. The molecule has 3 heterocycles. The standard InChI is InChI=1S/C30H38N6O7/c1-7-8-15-35-24-25(32-27(35)34-14-10-12-21(17-34)31-28(39)43-30(2,3)4)33(5)29(40)36(26(24)38)18-23(37)42-19-20-11-9-13-22(16-20)41-6/h9,11,13,16,21H,10,12,14-15,17-19H2,1-6H3,(H,31,39)/t21-/m1/s1. The first-order valence-electron chi connectivity index (χ1n) is 14.0. The second kappa shape index (κ2) is 13.1. The molecule has 1 aliphatic rings. The maximum absolute atomic E-state index is 13.7. The van der Waals surface area contributed by atoms with Crippen LogP contribution in [0.4, 0.5) is 10.7 Å². The molecule has 0 radical (unpaired) electrons. The minimum atomic E-state index is -0.743. The van der Waals surface area contributed by atoms with Crippen LogP contribution in [0.1, 0.15) is 46.1 Å². The first kappa shape index (κ1) is 31.2. The smallest absolute Gasteiger partial charge is 0.407 e. The molecule has 1 fully saturated rings. The Morgan fingerprint density at radius 2 is 1.95 bits per heavy atom. The molecule has 3 aromatic rings. The maximum atomic E-state index is 13.7. The minimum Gasteiger partial charge on any atom is -0.497 e. The van der Waals surface area contributed by atoms with Gasteiger partial charge in [-0.1, -0.05) is 18.1 Å². The van der Waals surface area contributed by atoms with Gasteiger partial charge >= 0.3 is 17.8 Å². The molecule has 1 saturated heterocycles. The van der Waals surface area contributed by atoms with E-state index >= 15 is 0 Å². The molecule has 0 spiro atoms. The number of rotatable bonds is 8. The van der Waals surface area contributed by atoms with Crippen molar-refractivity contribution in [1.29, 1.82) is 0 Å². The number of alkyl carbamates (subject to hydrolysis) is 1. The van der Waals surface area contributed by atoms with Gasteiger partial charge < -0.3 is 24.4 Å². The summed E-state index contributed by atoms with van der Waals surface area (Å²) in [5.41, 5.74) is -0.985. The number of esters is 1. The number of aromatic nitrogens is 4. The highest BCUT2D eigenvalue weighted by Crippen LogP contribution is 2.23. The SMILES string of the molecule is CC#CCn1c(N2CCC[C@@H](NC(=O)OC(C)(C)C)C2)nc2c1c(=O)n(CC(=O)OCc1cccc(OC)c1)c(=O)n2C. The summed E-state index contributed by atoms with van der Waals surface area (Å²) in [5, 5.41) is 2.92. The van der Waals surface area contributed by atoms with Crippen molar-refractivity contribution in [3.8, 4) is 17.6 Å². The Morgan fingerprint density at radius 3 is 2.65 bits per heavy atom. The van der Waals surface area contributed by atoms with E-state index in [1.165, 1.54) is 18.7 Å². The van der Waals surface area contributed by atoms with E-state index in [2.05, 4.69) is 17.2 Å². The fourth-order valence-electron chi connectivity index (χ4n) is 4.90. The van der Waals surface area contributed by atoms with Crippen molar-refractivity contribution in [2.75, 3.05) is 25.1 Å². The molecule has 4 rings (SSSR count). The largest absolute Gasteiger partial charge is 0.497 e. The zero-order valence-electron chi connectivity index (χ0n) is 25.4. The number of anilines is 1. The van der Waals surface area contributed by atoms with E-state index in [0.29, 0.717) is 30.4 Å². The Bertz CT molecular complexity index is 1690. The molecular weight excluding hydrogens is 556 g/mol. The van der Waals surface area contributed by atoms with Crippen molar-refractivity contribution in [2.45, 2.75) is 71.9 Å². The number of nitrogens with one attached hydrogen (secondary N) is 1.